The summed E-state index contributed by atoms with van der Waals surface area (Å²) in [5.41, 5.74) is 0.490. The number of carbonyl (C=O) groups is 2. The molecule has 23 heavy (non-hydrogen) atoms. The molecule has 0 saturated carbocycles. The van der Waals surface area contributed by atoms with Gasteiger partial charge in [-0.05, 0) is 31.7 Å². The standard InChI is InChI=1S/C17H23NO5/c1-3-18-13(11-16(19)21-4-2)17(20)12-6-7-14-15(10-12)23-9-5-8-22-14/h6-7,10,13,18H,3-5,8-9,11H2,1-2H3. The first-order valence-electron chi connectivity index (χ1n) is 7.98. The summed E-state index contributed by atoms with van der Waals surface area (Å²) in [7, 11) is 0. The molecule has 0 bridgehead atoms. The number of ether oxygens (including phenoxy) is 3. The van der Waals surface area contributed by atoms with Crippen LogP contribution in [0.25, 0.3) is 0 Å². The molecule has 1 N–H and O–H groups in total. The highest BCUT2D eigenvalue weighted by Crippen LogP contribution is 2.30. The summed E-state index contributed by atoms with van der Waals surface area (Å²) >= 11 is 0. The molecule has 0 saturated heterocycles. The Bertz CT molecular complexity index is 558. The van der Waals surface area contributed by atoms with Gasteiger partial charge in [0.1, 0.15) is 0 Å². The first-order chi connectivity index (χ1) is 11.2. The average Bonchev–Trinajstić information content (AvgIpc) is 2.78. The summed E-state index contributed by atoms with van der Waals surface area (Å²) in [6.07, 6.45) is 0.815. The number of ketones is 1. The fourth-order valence-electron chi connectivity index (χ4n) is 2.41. The molecule has 2 rings (SSSR count). The van der Waals surface area contributed by atoms with E-state index in [9.17, 15) is 9.59 Å². The van der Waals surface area contributed by atoms with Gasteiger partial charge >= 0.3 is 5.97 Å². The number of rotatable bonds is 7. The molecule has 1 aromatic rings. The number of nitrogens with one attached hydrogen (secondary N) is 1. The molecule has 0 fully saturated rings. The molecule has 1 aromatic carbocycles. The van der Waals surface area contributed by atoms with E-state index in [-0.39, 0.29) is 18.2 Å². The normalized spacial score (nSPS) is 14.7. The second kappa shape index (κ2) is 8.53. The maximum atomic E-state index is 12.7. The number of benzene rings is 1. The Labute approximate surface area is 136 Å². The molecule has 6 nitrogen and oxygen atoms in total. The third-order valence-electron chi connectivity index (χ3n) is 3.48. The quantitative estimate of drug-likeness (QED) is 0.611. The zero-order chi connectivity index (χ0) is 16.7. The third kappa shape index (κ3) is 4.69. The number of likely N-dealkylation sites (N-methyl/N-ethyl adjacent to an activating group) is 1. The van der Waals surface area contributed by atoms with Crippen molar-refractivity contribution in [2.75, 3.05) is 26.4 Å². The summed E-state index contributed by atoms with van der Waals surface area (Å²) in [5.74, 6) is 0.667. The lowest BCUT2D eigenvalue weighted by molar-refractivity contribution is -0.143. The van der Waals surface area contributed by atoms with E-state index in [0.717, 1.165) is 6.42 Å². The van der Waals surface area contributed by atoms with Crippen molar-refractivity contribution < 1.29 is 23.8 Å². The minimum absolute atomic E-state index is 0.00888. The first kappa shape index (κ1) is 17.3. The molecule has 126 valence electrons. The van der Waals surface area contributed by atoms with Crippen molar-refractivity contribution in [3.05, 3.63) is 23.8 Å². The Morgan fingerprint density at radius 1 is 1.22 bits per heavy atom. The van der Waals surface area contributed by atoms with Gasteiger partial charge in [0.2, 0.25) is 0 Å². The van der Waals surface area contributed by atoms with Gasteiger partial charge in [0.25, 0.3) is 0 Å². The van der Waals surface area contributed by atoms with Gasteiger partial charge in [-0.25, -0.2) is 0 Å². The number of hydrogen-bond donors (Lipinski definition) is 1. The summed E-state index contributed by atoms with van der Waals surface area (Å²) in [6, 6.07) is 4.51. The average molecular weight is 321 g/mol. The van der Waals surface area contributed by atoms with Crippen LogP contribution in [0.1, 0.15) is 37.0 Å². The van der Waals surface area contributed by atoms with Crippen molar-refractivity contribution in [2.45, 2.75) is 32.7 Å². The minimum Gasteiger partial charge on any atom is -0.490 e. The van der Waals surface area contributed by atoms with Crippen LogP contribution in [0, 0.1) is 0 Å². The van der Waals surface area contributed by atoms with Crippen molar-refractivity contribution in [1.29, 1.82) is 0 Å². The Balaban J connectivity index is 2.15. The molecular formula is C17H23NO5. The fraction of sp³-hybridized carbons (Fsp3) is 0.529. The molecule has 0 spiro atoms. The van der Waals surface area contributed by atoms with Crippen molar-refractivity contribution in [3.63, 3.8) is 0 Å². The van der Waals surface area contributed by atoms with Gasteiger partial charge in [0, 0.05) is 12.0 Å². The highest BCUT2D eigenvalue weighted by atomic mass is 16.5. The van der Waals surface area contributed by atoms with Crippen LogP contribution >= 0.6 is 0 Å². The number of carbonyl (C=O) groups excluding carboxylic acids is 2. The SMILES string of the molecule is CCNC(CC(=O)OCC)C(=O)c1ccc2c(c1)OCCCO2. The van der Waals surface area contributed by atoms with E-state index >= 15 is 0 Å². The van der Waals surface area contributed by atoms with Gasteiger partial charge in [-0.1, -0.05) is 6.92 Å². The molecule has 6 heteroatoms. The molecule has 0 radical (unpaired) electrons. The van der Waals surface area contributed by atoms with Gasteiger partial charge in [0.15, 0.2) is 17.3 Å². The number of fused-ring (bicyclic) bond motifs is 1. The number of Topliss-reactive ketones (excluding diaryl/α,β-unsaturated/α-hetero) is 1. The molecule has 1 aliphatic heterocycles. The topological polar surface area (TPSA) is 73.9 Å². The zero-order valence-corrected chi connectivity index (χ0v) is 13.6. The van der Waals surface area contributed by atoms with E-state index in [1.165, 1.54) is 0 Å². The summed E-state index contributed by atoms with van der Waals surface area (Å²) in [5, 5.41) is 3.04. The summed E-state index contributed by atoms with van der Waals surface area (Å²) in [6.45, 7) is 5.68. The molecular weight excluding hydrogens is 298 g/mol. The molecule has 1 atom stereocenters. The van der Waals surface area contributed by atoms with Gasteiger partial charge in [-0.2, -0.15) is 0 Å². The second-order valence-corrected chi connectivity index (χ2v) is 5.20. The van der Waals surface area contributed by atoms with Gasteiger partial charge in [-0.3, -0.25) is 9.59 Å². The van der Waals surface area contributed by atoms with Crippen molar-refractivity contribution in [1.82, 2.24) is 5.32 Å². The highest BCUT2D eigenvalue weighted by Gasteiger charge is 2.24. The second-order valence-electron chi connectivity index (χ2n) is 5.20. The van der Waals surface area contributed by atoms with E-state index in [1.54, 1.807) is 25.1 Å². The number of esters is 1. The van der Waals surface area contributed by atoms with Crippen LogP contribution in [0.15, 0.2) is 18.2 Å². The summed E-state index contributed by atoms with van der Waals surface area (Å²) < 4.78 is 16.1. The monoisotopic (exact) mass is 321 g/mol. The Kier molecular flexibility index (Phi) is 6.40. The lowest BCUT2D eigenvalue weighted by Gasteiger charge is -2.17. The zero-order valence-electron chi connectivity index (χ0n) is 13.6. The van der Waals surface area contributed by atoms with Crippen LogP contribution in [-0.2, 0) is 9.53 Å². The minimum atomic E-state index is -0.608. The van der Waals surface area contributed by atoms with Crippen molar-refractivity contribution in [2.24, 2.45) is 0 Å². The Morgan fingerprint density at radius 2 is 1.96 bits per heavy atom. The van der Waals surface area contributed by atoms with Gasteiger partial charge < -0.3 is 19.5 Å². The Morgan fingerprint density at radius 3 is 2.65 bits per heavy atom. The van der Waals surface area contributed by atoms with Crippen LogP contribution in [-0.4, -0.2) is 44.2 Å². The predicted molar refractivity (Wildman–Crippen MR) is 85.1 cm³/mol. The van der Waals surface area contributed by atoms with Crippen LogP contribution in [0.2, 0.25) is 0 Å². The fourth-order valence-corrected chi connectivity index (χ4v) is 2.41. The largest absolute Gasteiger partial charge is 0.490 e. The smallest absolute Gasteiger partial charge is 0.307 e. The third-order valence-corrected chi connectivity index (χ3v) is 3.48. The van der Waals surface area contributed by atoms with E-state index in [2.05, 4.69) is 5.32 Å². The molecule has 1 aliphatic rings. The predicted octanol–water partition coefficient (Wildman–Crippen LogP) is 1.96. The van der Waals surface area contributed by atoms with Crippen LogP contribution in [0.3, 0.4) is 0 Å². The number of hydrogen-bond acceptors (Lipinski definition) is 6. The van der Waals surface area contributed by atoms with Crippen molar-refractivity contribution >= 4 is 11.8 Å². The van der Waals surface area contributed by atoms with E-state index in [0.29, 0.717) is 43.4 Å². The molecule has 0 amide bonds. The van der Waals surface area contributed by atoms with E-state index in [4.69, 9.17) is 14.2 Å². The Hall–Kier alpha value is -2.08. The molecule has 0 aliphatic carbocycles. The van der Waals surface area contributed by atoms with Crippen LogP contribution in [0.4, 0.5) is 0 Å². The highest BCUT2D eigenvalue weighted by molar-refractivity contribution is 6.02. The molecule has 1 unspecified atom stereocenters. The van der Waals surface area contributed by atoms with Crippen LogP contribution < -0.4 is 14.8 Å². The summed E-state index contributed by atoms with van der Waals surface area (Å²) in [4.78, 5) is 24.4. The van der Waals surface area contributed by atoms with Crippen molar-refractivity contribution in [3.8, 4) is 11.5 Å². The lowest BCUT2D eigenvalue weighted by Crippen LogP contribution is -2.39. The maximum Gasteiger partial charge on any atom is 0.307 e. The van der Waals surface area contributed by atoms with Gasteiger partial charge in [0.05, 0.1) is 32.3 Å². The first-order valence-corrected chi connectivity index (χ1v) is 7.98. The lowest BCUT2D eigenvalue weighted by atomic mass is 10.0. The molecule has 1 heterocycles. The molecule has 0 aromatic heterocycles. The van der Waals surface area contributed by atoms with E-state index in [1.807, 2.05) is 6.92 Å². The van der Waals surface area contributed by atoms with E-state index < -0.39 is 6.04 Å². The van der Waals surface area contributed by atoms with Crippen LogP contribution in [0.5, 0.6) is 11.5 Å². The van der Waals surface area contributed by atoms with Gasteiger partial charge in [-0.15, -0.1) is 0 Å². The maximum absolute atomic E-state index is 12.7.